The van der Waals surface area contributed by atoms with Gasteiger partial charge in [-0.05, 0) is 57.4 Å². The summed E-state index contributed by atoms with van der Waals surface area (Å²) in [5.74, 6) is 0. The van der Waals surface area contributed by atoms with Gasteiger partial charge in [0.15, 0.2) is 0 Å². The Bertz CT molecular complexity index is 220. The van der Waals surface area contributed by atoms with Gasteiger partial charge >= 0.3 is 0 Å². The van der Waals surface area contributed by atoms with Crippen LogP contribution in [0.1, 0.15) is 47.0 Å². The van der Waals surface area contributed by atoms with E-state index in [0.717, 1.165) is 25.7 Å². The minimum absolute atomic E-state index is 0.247. The first-order valence-corrected chi connectivity index (χ1v) is 7.69. The molecular formula is C15H33N3. The molecule has 0 atom stereocenters. The summed E-state index contributed by atoms with van der Waals surface area (Å²) in [5, 5.41) is 0. The Morgan fingerprint density at radius 2 is 1.83 bits per heavy atom. The number of piperidine rings is 1. The van der Waals surface area contributed by atoms with Crippen LogP contribution in [-0.2, 0) is 0 Å². The van der Waals surface area contributed by atoms with E-state index in [1.165, 1.54) is 38.9 Å². The molecule has 0 unspecified atom stereocenters. The molecule has 1 heterocycles. The maximum atomic E-state index is 5.87. The Hall–Kier alpha value is -0.120. The van der Waals surface area contributed by atoms with Crippen molar-refractivity contribution in [3.63, 3.8) is 0 Å². The minimum Gasteiger partial charge on any atom is -0.330 e. The van der Waals surface area contributed by atoms with Gasteiger partial charge in [0.1, 0.15) is 0 Å². The third-order valence-electron chi connectivity index (χ3n) is 4.20. The van der Waals surface area contributed by atoms with Crippen molar-refractivity contribution >= 4 is 0 Å². The van der Waals surface area contributed by atoms with Crippen LogP contribution in [0.4, 0.5) is 0 Å². The highest BCUT2D eigenvalue weighted by Gasteiger charge is 2.27. The molecule has 1 saturated heterocycles. The first kappa shape index (κ1) is 15.9. The number of likely N-dealkylation sites (tertiary alicyclic amines) is 1. The van der Waals surface area contributed by atoms with E-state index in [4.69, 9.17) is 5.73 Å². The Labute approximate surface area is 114 Å². The molecule has 1 fully saturated rings. The molecule has 1 aliphatic heterocycles. The van der Waals surface area contributed by atoms with Gasteiger partial charge < -0.3 is 10.6 Å². The zero-order valence-corrected chi connectivity index (χ0v) is 12.9. The van der Waals surface area contributed by atoms with Crippen LogP contribution in [0.3, 0.4) is 0 Å². The van der Waals surface area contributed by atoms with Gasteiger partial charge in [0, 0.05) is 12.6 Å². The standard InChI is InChI=1S/C15H33N3/c1-5-9-17-10-7-14(8-11-17)18(6-2)13-15(3,4)12-16/h14H,5-13,16H2,1-4H3. The molecule has 0 amide bonds. The zero-order valence-electron chi connectivity index (χ0n) is 12.9. The summed E-state index contributed by atoms with van der Waals surface area (Å²) in [6, 6.07) is 0.772. The van der Waals surface area contributed by atoms with Crippen LogP contribution < -0.4 is 5.73 Å². The smallest absolute Gasteiger partial charge is 0.0120 e. The Morgan fingerprint density at radius 3 is 2.28 bits per heavy atom. The normalized spacial score (nSPS) is 19.7. The molecule has 108 valence electrons. The van der Waals surface area contributed by atoms with E-state index < -0.39 is 0 Å². The minimum atomic E-state index is 0.247. The second-order valence-corrected chi connectivity index (χ2v) is 6.50. The van der Waals surface area contributed by atoms with E-state index in [0.29, 0.717) is 0 Å². The maximum Gasteiger partial charge on any atom is 0.0120 e. The van der Waals surface area contributed by atoms with Gasteiger partial charge in [-0.25, -0.2) is 0 Å². The van der Waals surface area contributed by atoms with Crippen molar-refractivity contribution in [2.24, 2.45) is 11.1 Å². The van der Waals surface area contributed by atoms with E-state index in [9.17, 15) is 0 Å². The number of hydrogen-bond donors (Lipinski definition) is 1. The Balaban J connectivity index is 2.43. The van der Waals surface area contributed by atoms with E-state index >= 15 is 0 Å². The van der Waals surface area contributed by atoms with Crippen molar-refractivity contribution in [2.75, 3.05) is 39.3 Å². The average molecular weight is 255 g/mol. The van der Waals surface area contributed by atoms with Crippen LogP contribution in [0.15, 0.2) is 0 Å². The van der Waals surface area contributed by atoms with E-state index in [-0.39, 0.29) is 5.41 Å². The van der Waals surface area contributed by atoms with Crippen LogP contribution >= 0.6 is 0 Å². The van der Waals surface area contributed by atoms with Gasteiger partial charge in [-0.1, -0.05) is 27.7 Å². The number of rotatable bonds is 7. The van der Waals surface area contributed by atoms with Crippen molar-refractivity contribution in [2.45, 2.75) is 53.0 Å². The zero-order chi connectivity index (χ0) is 13.6. The van der Waals surface area contributed by atoms with Crippen LogP contribution in [0.25, 0.3) is 0 Å². The van der Waals surface area contributed by atoms with E-state index in [1.54, 1.807) is 0 Å². The van der Waals surface area contributed by atoms with Crippen LogP contribution in [-0.4, -0.2) is 55.1 Å². The largest absolute Gasteiger partial charge is 0.330 e. The topological polar surface area (TPSA) is 32.5 Å². The first-order valence-electron chi connectivity index (χ1n) is 7.69. The predicted molar refractivity (Wildman–Crippen MR) is 79.8 cm³/mol. The molecule has 0 radical (unpaired) electrons. The van der Waals surface area contributed by atoms with E-state index in [1.807, 2.05) is 0 Å². The second kappa shape index (κ2) is 7.46. The van der Waals surface area contributed by atoms with Crippen LogP contribution in [0.2, 0.25) is 0 Å². The second-order valence-electron chi connectivity index (χ2n) is 6.50. The lowest BCUT2D eigenvalue weighted by Gasteiger charge is -2.41. The Kier molecular flexibility index (Phi) is 6.61. The van der Waals surface area contributed by atoms with Crippen molar-refractivity contribution < 1.29 is 0 Å². The lowest BCUT2D eigenvalue weighted by molar-refractivity contribution is 0.0823. The third-order valence-corrected chi connectivity index (χ3v) is 4.20. The fraction of sp³-hybridized carbons (Fsp3) is 1.00. The maximum absolute atomic E-state index is 5.87. The van der Waals surface area contributed by atoms with Gasteiger partial charge in [-0.2, -0.15) is 0 Å². The van der Waals surface area contributed by atoms with Gasteiger partial charge in [-0.15, -0.1) is 0 Å². The Morgan fingerprint density at radius 1 is 1.22 bits per heavy atom. The predicted octanol–water partition coefficient (Wildman–Crippen LogP) is 2.17. The highest BCUT2D eigenvalue weighted by molar-refractivity contribution is 4.83. The van der Waals surface area contributed by atoms with Crippen LogP contribution in [0, 0.1) is 5.41 Å². The summed E-state index contributed by atoms with van der Waals surface area (Å²) in [5.41, 5.74) is 6.11. The molecule has 3 heteroatoms. The molecule has 0 aromatic rings. The molecular weight excluding hydrogens is 222 g/mol. The quantitative estimate of drug-likeness (QED) is 0.757. The summed E-state index contributed by atoms with van der Waals surface area (Å²) < 4.78 is 0. The number of hydrogen-bond acceptors (Lipinski definition) is 3. The molecule has 3 nitrogen and oxygen atoms in total. The lowest BCUT2D eigenvalue weighted by atomic mass is 9.91. The third kappa shape index (κ3) is 4.87. The van der Waals surface area contributed by atoms with Gasteiger partial charge in [-0.3, -0.25) is 4.90 Å². The SMILES string of the molecule is CCCN1CCC(N(CC)CC(C)(C)CN)CC1. The highest BCUT2D eigenvalue weighted by Crippen LogP contribution is 2.22. The van der Waals surface area contributed by atoms with Gasteiger partial charge in [0.25, 0.3) is 0 Å². The molecule has 0 aliphatic carbocycles. The molecule has 18 heavy (non-hydrogen) atoms. The summed E-state index contributed by atoms with van der Waals surface area (Å²) in [6.45, 7) is 16.0. The molecule has 0 saturated carbocycles. The molecule has 1 rings (SSSR count). The van der Waals surface area contributed by atoms with Crippen LogP contribution in [0.5, 0.6) is 0 Å². The van der Waals surface area contributed by atoms with Crippen molar-refractivity contribution in [1.82, 2.24) is 9.80 Å². The average Bonchev–Trinajstić information content (AvgIpc) is 2.37. The molecule has 0 spiro atoms. The summed E-state index contributed by atoms with van der Waals surface area (Å²) in [4.78, 5) is 5.26. The summed E-state index contributed by atoms with van der Waals surface area (Å²) in [7, 11) is 0. The number of nitrogens with two attached hydrogens (primary N) is 1. The summed E-state index contributed by atoms with van der Waals surface area (Å²) in [6.07, 6.45) is 3.94. The van der Waals surface area contributed by atoms with Crippen molar-refractivity contribution in [3.8, 4) is 0 Å². The molecule has 0 aromatic heterocycles. The first-order chi connectivity index (χ1) is 8.52. The monoisotopic (exact) mass is 255 g/mol. The molecule has 1 aliphatic rings. The number of nitrogens with zero attached hydrogens (tertiary/aromatic N) is 2. The van der Waals surface area contributed by atoms with E-state index in [2.05, 4.69) is 37.5 Å². The van der Waals surface area contributed by atoms with Crippen molar-refractivity contribution in [1.29, 1.82) is 0 Å². The molecule has 0 aromatic carbocycles. The molecule has 2 N–H and O–H groups in total. The lowest BCUT2D eigenvalue weighted by Crippen LogP contribution is -2.49. The summed E-state index contributed by atoms with van der Waals surface area (Å²) >= 11 is 0. The molecule has 0 bridgehead atoms. The highest BCUT2D eigenvalue weighted by atomic mass is 15.2. The van der Waals surface area contributed by atoms with Crippen molar-refractivity contribution in [3.05, 3.63) is 0 Å². The fourth-order valence-corrected chi connectivity index (χ4v) is 2.94. The van der Waals surface area contributed by atoms with Gasteiger partial charge in [0.05, 0.1) is 0 Å². The van der Waals surface area contributed by atoms with Gasteiger partial charge in [0.2, 0.25) is 0 Å². The fourth-order valence-electron chi connectivity index (χ4n) is 2.94.